The third kappa shape index (κ3) is 3.83. The van der Waals surface area contributed by atoms with Gasteiger partial charge < -0.3 is 0 Å². The van der Waals surface area contributed by atoms with E-state index in [2.05, 4.69) is 61.7 Å². The molecule has 0 amide bonds. The van der Waals surface area contributed by atoms with E-state index in [1.54, 1.807) is 11.8 Å². The van der Waals surface area contributed by atoms with Gasteiger partial charge in [0.15, 0.2) is 0 Å². The summed E-state index contributed by atoms with van der Waals surface area (Å²) in [6, 6.07) is 17.5. The molecule has 0 aliphatic carbocycles. The average molecular weight is 260 g/mol. The van der Waals surface area contributed by atoms with Crippen LogP contribution in [-0.4, -0.2) is 6.26 Å². The standard InChI is InChI=1S/C15H16S2/c1-12-6-8-14(9-7-12)17-11-13-4-3-5-15(10-13)16-2/h3-10H,11H2,1-2H3. The van der Waals surface area contributed by atoms with Gasteiger partial charge in [0.05, 0.1) is 0 Å². The van der Waals surface area contributed by atoms with Gasteiger partial charge in [-0.05, 0) is 43.0 Å². The molecule has 17 heavy (non-hydrogen) atoms. The lowest BCUT2D eigenvalue weighted by Gasteiger charge is -2.04. The lowest BCUT2D eigenvalue weighted by Crippen LogP contribution is -1.81. The van der Waals surface area contributed by atoms with Crippen LogP contribution in [0.25, 0.3) is 0 Å². The molecule has 0 aliphatic rings. The molecule has 0 nitrogen and oxygen atoms in total. The molecule has 2 rings (SSSR count). The fraction of sp³-hybridized carbons (Fsp3) is 0.200. The van der Waals surface area contributed by atoms with Crippen LogP contribution in [-0.2, 0) is 5.75 Å². The molecule has 2 heteroatoms. The first kappa shape index (κ1) is 12.6. The highest BCUT2D eigenvalue weighted by atomic mass is 32.2. The monoisotopic (exact) mass is 260 g/mol. The van der Waals surface area contributed by atoms with E-state index in [9.17, 15) is 0 Å². The number of hydrogen-bond donors (Lipinski definition) is 0. The molecular formula is C15H16S2. The van der Waals surface area contributed by atoms with Gasteiger partial charge in [0.1, 0.15) is 0 Å². The summed E-state index contributed by atoms with van der Waals surface area (Å²) in [5, 5.41) is 0. The zero-order chi connectivity index (χ0) is 12.1. The molecular weight excluding hydrogens is 244 g/mol. The fourth-order valence-corrected chi connectivity index (χ4v) is 2.89. The topological polar surface area (TPSA) is 0 Å². The molecule has 0 fully saturated rings. The van der Waals surface area contributed by atoms with Gasteiger partial charge in [-0.1, -0.05) is 29.8 Å². The maximum atomic E-state index is 2.27. The minimum absolute atomic E-state index is 1.04. The normalized spacial score (nSPS) is 10.5. The summed E-state index contributed by atoms with van der Waals surface area (Å²) >= 11 is 3.69. The highest BCUT2D eigenvalue weighted by molar-refractivity contribution is 7.99. The molecule has 0 heterocycles. The van der Waals surface area contributed by atoms with E-state index < -0.39 is 0 Å². The minimum atomic E-state index is 1.04. The van der Waals surface area contributed by atoms with E-state index in [1.807, 2.05) is 11.8 Å². The van der Waals surface area contributed by atoms with Crippen LogP contribution in [0.2, 0.25) is 0 Å². The van der Waals surface area contributed by atoms with Crippen molar-refractivity contribution in [2.24, 2.45) is 0 Å². The first-order valence-corrected chi connectivity index (χ1v) is 7.81. The third-order valence-corrected chi connectivity index (χ3v) is 4.37. The number of aryl methyl sites for hydroxylation is 1. The van der Waals surface area contributed by atoms with Gasteiger partial charge in [0.25, 0.3) is 0 Å². The Kier molecular flexibility index (Phi) is 4.57. The Bertz CT molecular complexity index is 475. The van der Waals surface area contributed by atoms with Crippen molar-refractivity contribution in [3.8, 4) is 0 Å². The van der Waals surface area contributed by atoms with E-state index in [4.69, 9.17) is 0 Å². The molecule has 88 valence electrons. The molecule has 0 N–H and O–H groups in total. The number of thioether (sulfide) groups is 2. The van der Waals surface area contributed by atoms with Crippen molar-refractivity contribution in [3.05, 3.63) is 59.7 Å². The lowest BCUT2D eigenvalue weighted by atomic mass is 10.2. The SMILES string of the molecule is CSc1cccc(CSc2ccc(C)cc2)c1. The quantitative estimate of drug-likeness (QED) is 0.709. The summed E-state index contributed by atoms with van der Waals surface area (Å²) in [7, 11) is 0. The molecule has 0 aromatic heterocycles. The molecule has 0 bridgehead atoms. The van der Waals surface area contributed by atoms with Crippen LogP contribution in [0.5, 0.6) is 0 Å². The van der Waals surface area contributed by atoms with Crippen LogP contribution in [0.1, 0.15) is 11.1 Å². The van der Waals surface area contributed by atoms with Gasteiger partial charge in [-0.25, -0.2) is 0 Å². The number of rotatable bonds is 4. The fourth-order valence-electron chi connectivity index (χ4n) is 1.56. The molecule has 0 saturated heterocycles. The lowest BCUT2D eigenvalue weighted by molar-refractivity contribution is 1.31. The van der Waals surface area contributed by atoms with Crippen LogP contribution < -0.4 is 0 Å². The second kappa shape index (κ2) is 6.18. The highest BCUT2D eigenvalue weighted by Gasteiger charge is 1.97. The van der Waals surface area contributed by atoms with E-state index in [1.165, 1.54) is 20.9 Å². The largest absolute Gasteiger partial charge is 0.130 e. The summed E-state index contributed by atoms with van der Waals surface area (Å²) < 4.78 is 0. The Hall–Kier alpha value is -0.860. The Morgan fingerprint density at radius 1 is 0.941 bits per heavy atom. The van der Waals surface area contributed by atoms with Crippen LogP contribution >= 0.6 is 23.5 Å². The van der Waals surface area contributed by atoms with Crippen molar-refractivity contribution < 1.29 is 0 Å². The van der Waals surface area contributed by atoms with Gasteiger partial charge in [0.2, 0.25) is 0 Å². The Morgan fingerprint density at radius 3 is 2.41 bits per heavy atom. The molecule has 0 saturated carbocycles. The third-order valence-electron chi connectivity index (χ3n) is 2.56. The summed E-state index contributed by atoms with van der Waals surface area (Å²) in [5.74, 6) is 1.04. The predicted octanol–water partition coefficient (Wildman–Crippen LogP) is 5.01. The second-order valence-electron chi connectivity index (χ2n) is 3.95. The molecule has 2 aromatic rings. The molecule has 0 unspecified atom stereocenters. The molecule has 0 atom stereocenters. The van der Waals surface area contributed by atoms with Crippen LogP contribution in [0.3, 0.4) is 0 Å². The van der Waals surface area contributed by atoms with Crippen molar-refractivity contribution in [2.75, 3.05) is 6.26 Å². The first-order chi connectivity index (χ1) is 8.28. The van der Waals surface area contributed by atoms with Crippen LogP contribution in [0.4, 0.5) is 0 Å². The average Bonchev–Trinajstić information content (AvgIpc) is 2.38. The summed E-state index contributed by atoms with van der Waals surface area (Å²) in [5.41, 5.74) is 2.71. The Balaban J connectivity index is 1.99. The van der Waals surface area contributed by atoms with E-state index >= 15 is 0 Å². The summed E-state index contributed by atoms with van der Waals surface area (Å²) in [4.78, 5) is 2.68. The maximum Gasteiger partial charge on any atom is 0.0232 e. The first-order valence-electron chi connectivity index (χ1n) is 5.60. The second-order valence-corrected chi connectivity index (χ2v) is 5.88. The minimum Gasteiger partial charge on any atom is -0.130 e. The number of hydrogen-bond acceptors (Lipinski definition) is 2. The molecule has 0 aliphatic heterocycles. The van der Waals surface area contributed by atoms with Crippen molar-refractivity contribution in [1.29, 1.82) is 0 Å². The van der Waals surface area contributed by atoms with E-state index in [-0.39, 0.29) is 0 Å². The van der Waals surface area contributed by atoms with Crippen molar-refractivity contribution in [3.63, 3.8) is 0 Å². The zero-order valence-corrected chi connectivity index (χ0v) is 11.8. The van der Waals surface area contributed by atoms with Gasteiger partial charge >= 0.3 is 0 Å². The summed E-state index contributed by atoms with van der Waals surface area (Å²) in [6.45, 7) is 2.12. The smallest absolute Gasteiger partial charge is 0.0232 e. The summed E-state index contributed by atoms with van der Waals surface area (Å²) in [6.07, 6.45) is 2.12. The van der Waals surface area contributed by atoms with E-state index in [0.29, 0.717) is 0 Å². The highest BCUT2D eigenvalue weighted by Crippen LogP contribution is 2.25. The van der Waals surface area contributed by atoms with Crippen molar-refractivity contribution in [2.45, 2.75) is 22.5 Å². The van der Waals surface area contributed by atoms with Gasteiger partial charge in [0, 0.05) is 15.5 Å². The molecule has 0 spiro atoms. The Labute approximate surface area is 112 Å². The van der Waals surface area contributed by atoms with Crippen molar-refractivity contribution in [1.82, 2.24) is 0 Å². The van der Waals surface area contributed by atoms with Crippen LogP contribution in [0, 0.1) is 6.92 Å². The van der Waals surface area contributed by atoms with E-state index in [0.717, 1.165) is 5.75 Å². The number of benzene rings is 2. The van der Waals surface area contributed by atoms with Gasteiger partial charge in [-0.2, -0.15) is 0 Å². The van der Waals surface area contributed by atoms with Crippen LogP contribution in [0.15, 0.2) is 58.3 Å². The maximum absolute atomic E-state index is 2.27. The van der Waals surface area contributed by atoms with Gasteiger partial charge in [-0.3, -0.25) is 0 Å². The zero-order valence-electron chi connectivity index (χ0n) is 10.1. The molecule has 2 aromatic carbocycles. The predicted molar refractivity (Wildman–Crippen MR) is 79.0 cm³/mol. The van der Waals surface area contributed by atoms with Gasteiger partial charge in [-0.15, -0.1) is 23.5 Å². The van der Waals surface area contributed by atoms with Crippen molar-refractivity contribution >= 4 is 23.5 Å². The molecule has 0 radical (unpaired) electrons. The Morgan fingerprint density at radius 2 is 1.71 bits per heavy atom.